The average molecular weight is 169 g/mol. The van der Waals surface area contributed by atoms with Gasteiger partial charge in [-0.1, -0.05) is 13.8 Å². The molecule has 3 nitrogen and oxygen atoms in total. The molecule has 0 aliphatic heterocycles. The summed E-state index contributed by atoms with van der Waals surface area (Å²) in [6.45, 7) is 6.75. The first-order chi connectivity index (χ1) is 5.48. The van der Waals surface area contributed by atoms with Crippen molar-refractivity contribution >= 4 is 0 Å². The van der Waals surface area contributed by atoms with Crippen molar-refractivity contribution in [2.75, 3.05) is 33.7 Å². The highest BCUT2D eigenvalue weighted by atomic mass is 15.1. The molecule has 0 saturated carbocycles. The second-order valence-electron chi connectivity index (χ2n) is 4.16. The second kappa shape index (κ2) is 5.13. The lowest BCUT2D eigenvalue weighted by molar-refractivity contribution is 0.235. The Balaban J connectivity index is 3.65. The van der Waals surface area contributed by atoms with Gasteiger partial charge in [0.05, 0.1) is 12.6 Å². The van der Waals surface area contributed by atoms with Gasteiger partial charge in [0.15, 0.2) is 0 Å². The molecule has 0 saturated heterocycles. The zero-order chi connectivity index (χ0) is 9.61. The summed E-state index contributed by atoms with van der Waals surface area (Å²) in [6.07, 6.45) is 0. The smallest absolute Gasteiger partial charge is 0.0841 e. The molecule has 0 atom stereocenters. The molecule has 0 spiro atoms. The van der Waals surface area contributed by atoms with E-state index in [1.54, 1.807) is 0 Å². The Morgan fingerprint density at radius 1 is 1.42 bits per heavy atom. The van der Waals surface area contributed by atoms with Crippen molar-refractivity contribution in [3.63, 3.8) is 0 Å². The number of nitrogens with zero attached hydrogens (tertiary/aromatic N) is 2. The lowest BCUT2D eigenvalue weighted by atomic mass is 9.93. The maximum absolute atomic E-state index is 8.32. The minimum Gasteiger partial charge on any atom is -0.309 e. The van der Waals surface area contributed by atoms with Gasteiger partial charge in [-0.2, -0.15) is 5.26 Å². The zero-order valence-electron chi connectivity index (χ0n) is 8.52. The van der Waals surface area contributed by atoms with Crippen molar-refractivity contribution < 1.29 is 0 Å². The van der Waals surface area contributed by atoms with Gasteiger partial charge in [0.2, 0.25) is 0 Å². The quantitative estimate of drug-likeness (QED) is 0.486. The zero-order valence-corrected chi connectivity index (χ0v) is 8.52. The third-order valence-electron chi connectivity index (χ3n) is 1.55. The normalized spacial score (nSPS) is 11.7. The van der Waals surface area contributed by atoms with Gasteiger partial charge in [0.25, 0.3) is 0 Å². The number of hydrogen-bond acceptors (Lipinski definition) is 3. The third-order valence-corrected chi connectivity index (χ3v) is 1.55. The van der Waals surface area contributed by atoms with Crippen LogP contribution in [0, 0.1) is 16.7 Å². The molecular formula is C9H19N3. The average Bonchev–Trinajstić information content (AvgIpc) is 1.84. The minimum atomic E-state index is 0.236. The van der Waals surface area contributed by atoms with Crippen molar-refractivity contribution in [2.45, 2.75) is 13.8 Å². The van der Waals surface area contributed by atoms with Crippen molar-refractivity contribution in [1.29, 1.82) is 5.26 Å². The maximum Gasteiger partial charge on any atom is 0.0841 e. The van der Waals surface area contributed by atoms with Crippen molar-refractivity contribution in [1.82, 2.24) is 10.2 Å². The fraction of sp³-hybridized carbons (Fsp3) is 0.889. The summed E-state index contributed by atoms with van der Waals surface area (Å²) in [6, 6.07) is 2.07. The highest BCUT2D eigenvalue weighted by Gasteiger charge is 2.17. The fourth-order valence-electron chi connectivity index (χ4n) is 1.37. The monoisotopic (exact) mass is 169 g/mol. The molecule has 0 amide bonds. The number of hydrogen-bond donors (Lipinski definition) is 1. The fourth-order valence-corrected chi connectivity index (χ4v) is 1.37. The van der Waals surface area contributed by atoms with Gasteiger partial charge >= 0.3 is 0 Å². The predicted octanol–water partition coefficient (Wildman–Crippen LogP) is 0.687. The molecule has 0 aliphatic rings. The van der Waals surface area contributed by atoms with E-state index in [0.29, 0.717) is 6.54 Å². The van der Waals surface area contributed by atoms with Gasteiger partial charge in [-0.25, -0.2) is 0 Å². The van der Waals surface area contributed by atoms with Crippen LogP contribution in [0.1, 0.15) is 13.8 Å². The molecule has 1 N–H and O–H groups in total. The van der Waals surface area contributed by atoms with Crippen LogP contribution in [0.5, 0.6) is 0 Å². The first kappa shape index (κ1) is 11.4. The van der Waals surface area contributed by atoms with Crippen LogP contribution < -0.4 is 5.32 Å². The molecule has 0 aromatic carbocycles. The Labute approximate surface area is 75.4 Å². The lowest BCUT2D eigenvalue weighted by Crippen LogP contribution is -2.37. The van der Waals surface area contributed by atoms with E-state index < -0.39 is 0 Å². The van der Waals surface area contributed by atoms with E-state index in [2.05, 4.69) is 44.2 Å². The van der Waals surface area contributed by atoms with E-state index in [1.807, 2.05) is 0 Å². The van der Waals surface area contributed by atoms with Gasteiger partial charge in [0, 0.05) is 13.1 Å². The number of nitrogens with one attached hydrogen (secondary N) is 1. The molecular weight excluding hydrogens is 150 g/mol. The summed E-state index contributed by atoms with van der Waals surface area (Å²) in [5.41, 5.74) is 0.236. The molecule has 0 unspecified atom stereocenters. The summed E-state index contributed by atoms with van der Waals surface area (Å²) < 4.78 is 0. The molecule has 0 rings (SSSR count). The third kappa shape index (κ3) is 6.14. The Kier molecular flexibility index (Phi) is 4.87. The SMILES string of the molecule is CN(C)CC(C)(C)CNCC#N. The van der Waals surface area contributed by atoms with Gasteiger partial charge in [0.1, 0.15) is 0 Å². The van der Waals surface area contributed by atoms with E-state index >= 15 is 0 Å². The van der Waals surface area contributed by atoms with Gasteiger partial charge in [-0.3, -0.25) is 0 Å². The van der Waals surface area contributed by atoms with Crippen LogP contribution in [0.15, 0.2) is 0 Å². The molecule has 0 radical (unpaired) electrons. The topological polar surface area (TPSA) is 39.1 Å². The molecule has 0 heterocycles. The Hall–Kier alpha value is -0.590. The van der Waals surface area contributed by atoms with Crippen LogP contribution in [0.2, 0.25) is 0 Å². The van der Waals surface area contributed by atoms with Crippen LogP contribution in [0.25, 0.3) is 0 Å². The first-order valence-corrected chi connectivity index (χ1v) is 4.20. The summed E-state index contributed by atoms with van der Waals surface area (Å²) in [5, 5.41) is 11.4. The Morgan fingerprint density at radius 2 is 2.00 bits per heavy atom. The molecule has 0 aliphatic carbocycles. The predicted molar refractivity (Wildman–Crippen MR) is 50.8 cm³/mol. The van der Waals surface area contributed by atoms with Crippen LogP contribution in [0.4, 0.5) is 0 Å². The Bertz CT molecular complexity index is 156. The van der Waals surface area contributed by atoms with Crippen LogP contribution in [-0.2, 0) is 0 Å². The standard InChI is InChI=1S/C9H19N3/c1-9(2,8-12(3)4)7-11-6-5-10/h11H,6-8H2,1-4H3. The molecule has 12 heavy (non-hydrogen) atoms. The van der Waals surface area contributed by atoms with E-state index in [-0.39, 0.29) is 5.41 Å². The number of rotatable bonds is 5. The molecule has 0 aromatic heterocycles. The van der Waals surface area contributed by atoms with E-state index in [1.165, 1.54) is 0 Å². The largest absolute Gasteiger partial charge is 0.309 e. The van der Waals surface area contributed by atoms with Gasteiger partial charge in [-0.05, 0) is 19.5 Å². The summed E-state index contributed by atoms with van der Waals surface area (Å²) in [4.78, 5) is 2.16. The van der Waals surface area contributed by atoms with Crippen LogP contribution in [0.3, 0.4) is 0 Å². The molecule has 0 aromatic rings. The Morgan fingerprint density at radius 3 is 2.42 bits per heavy atom. The highest BCUT2D eigenvalue weighted by Crippen LogP contribution is 2.13. The lowest BCUT2D eigenvalue weighted by Gasteiger charge is -2.28. The van der Waals surface area contributed by atoms with Gasteiger partial charge in [-0.15, -0.1) is 0 Å². The van der Waals surface area contributed by atoms with Crippen LogP contribution >= 0.6 is 0 Å². The summed E-state index contributed by atoms with van der Waals surface area (Å²) >= 11 is 0. The van der Waals surface area contributed by atoms with E-state index in [4.69, 9.17) is 5.26 Å². The highest BCUT2D eigenvalue weighted by molar-refractivity contribution is 4.79. The van der Waals surface area contributed by atoms with E-state index in [9.17, 15) is 0 Å². The first-order valence-electron chi connectivity index (χ1n) is 4.20. The van der Waals surface area contributed by atoms with Gasteiger partial charge < -0.3 is 10.2 Å². The number of nitriles is 1. The summed E-state index contributed by atoms with van der Waals surface area (Å²) in [7, 11) is 4.12. The minimum absolute atomic E-state index is 0.236. The van der Waals surface area contributed by atoms with E-state index in [0.717, 1.165) is 13.1 Å². The van der Waals surface area contributed by atoms with Crippen LogP contribution in [-0.4, -0.2) is 38.6 Å². The van der Waals surface area contributed by atoms with Crippen molar-refractivity contribution in [2.24, 2.45) is 5.41 Å². The second-order valence-corrected chi connectivity index (χ2v) is 4.16. The summed E-state index contributed by atoms with van der Waals surface area (Å²) in [5.74, 6) is 0. The molecule has 0 bridgehead atoms. The maximum atomic E-state index is 8.32. The molecule has 70 valence electrons. The van der Waals surface area contributed by atoms with Crippen molar-refractivity contribution in [3.05, 3.63) is 0 Å². The molecule has 0 fully saturated rings. The molecule has 3 heteroatoms. The van der Waals surface area contributed by atoms with Crippen molar-refractivity contribution in [3.8, 4) is 6.07 Å².